The fourth-order valence-electron chi connectivity index (χ4n) is 0.803. The summed E-state index contributed by atoms with van der Waals surface area (Å²) in [5.41, 5.74) is 8.31. The van der Waals surface area contributed by atoms with E-state index in [1.165, 1.54) is 0 Å². The van der Waals surface area contributed by atoms with Crippen molar-refractivity contribution in [3.8, 4) is 0 Å². The van der Waals surface area contributed by atoms with E-state index < -0.39 is 5.91 Å². The fraction of sp³-hybridized carbons (Fsp3) is 0. The lowest BCUT2D eigenvalue weighted by molar-refractivity contribution is 0.0954. The zero-order valence-electron chi connectivity index (χ0n) is 6.17. The van der Waals surface area contributed by atoms with Crippen LogP contribution in [0.25, 0.3) is 0 Å². The number of nitrogen functional groups attached to an aromatic ring is 2. The number of halogens is 1. The topological polar surface area (TPSA) is 81.1 Å². The first-order valence-electron chi connectivity index (χ1n) is 3.21. The van der Waals surface area contributed by atoms with Gasteiger partial charge in [-0.25, -0.2) is 5.84 Å². The Morgan fingerprint density at radius 2 is 2.17 bits per heavy atom. The third-order valence-electron chi connectivity index (χ3n) is 1.39. The van der Waals surface area contributed by atoms with Gasteiger partial charge in [0.1, 0.15) is 0 Å². The third-order valence-corrected chi connectivity index (χ3v) is 1.88. The van der Waals surface area contributed by atoms with Gasteiger partial charge in [-0.1, -0.05) is 15.9 Å². The Morgan fingerprint density at radius 1 is 1.50 bits per heavy atom. The molecule has 0 aliphatic carbocycles. The molecule has 0 atom stereocenters. The van der Waals surface area contributed by atoms with E-state index in [4.69, 9.17) is 11.6 Å². The van der Waals surface area contributed by atoms with Crippen molar-refractivity contribution in [2.24, 2.45) is 5.84 Å². The molecule has 0 aliphatic heterocycles. The molecule has 0 saturated heterocycles. The zero-order valence-corrected chi connectivity index (χ0v) is 7.76. The van der Waals surface area contributed by atoms with Crippen molar-refractivity contribution >= 4 is 27.5 Å². The summed E-state index contributed by atoms with van der Waals surface area (Å²) in [6, 6.07) is 4.99. The molecule has 5 heteroatoms. The quantitative estimate of drug-likeness (QED) is 0.286. The van der Waals surface area contributed by atoms with Crippen molar-refractivity contribution in [3.63, 3.8) is 0 Å². The molecule has 1 aromatic rings. The van der Waals surface area contributed by atoms with Crippen LogP contribution in [0.2, 0.25) is 0 Å². The van der Waals surface area contributed by atoms with Gasteiger partial charge in [0.15, 0.2) is 0 Å². The van der Waals surface area contributed by atoms with Gasteiger partial charge in [-0.15, -0.1) is 0 Å². The van der Waals surface area contributed by atoms with Gasteiger partial charge in [0.25, 0.3) is 5.91 Å². The van der Waals surface area contributed by atoms with Crippen LogP contribution < -0.4 is 17.0 Å². The number of benzene rings is 1. The van der Waals surface area contributed by atoms with Crippen LogP contribution >= 0.6 is 15.9 Å². The highest BCUT2D eigenvalue weighted by molar-refractivity contribution is 9.10. The van der Waals surface area contributed by atoms with Crippen LogP contribution in [0, 0.1) is 0 Å². The molecular weight excluding hydrogens is 222 g/mol. The molecule has 0 bridgehead atoms. The molecule has 0 unspecified atom stereocenters. The molecule has 1 aromatic carbocycles. The highest BCUT2D eigenvalue weighted by Gasteiger charge is 2.07. The summed E-state index contributed by atoms with van der Waals surface area (Å²) in [5, 5.41) is 0. The molecule has 12 heavy (non-hydrogen) atoms. The molecule has 5 N–H and O–H groups in total. The van der Waals surface area contributed by atoms with E-state index in [1.807, 2.05) is 5.43 Å². The predicted molar refractivity (Wildman–Crippen MR) is 50.2 cm³/mol. The minimum Gasteiger partial charge on any atom is -0.398 e. The first-order valence-corrected chi connectivity index (χ1v) is 4.00. The number of carbonyl (C=O) groups excluding carboxylic acids is 1. The van der Waals surface area contributed by atoms with Gasteiger partial charge < -0.3 is 5.73 Å². The van der Waals surface area contributed by atoms with E-state index in [9.17, 15) is 4.79 Å². The van der Waals surface area contributed by atoms with Crippen LogP contribution in [0.15, 0.2) is 22.7 Å². The summed E-state index contributed by atoms with van der Waals surface area (Å²) < 4.78 is 0.787. The molecule has 1 amide bonds. The van der Waals surface area contributed by atoms with Crippen molar-refractivity contribution in [2.75, 3.05) is 5.73 Å². The lowest BCUT2D eigenvalue weighted by Gasteiger charge is -2.03. The summed E-state index contributed by atoms with van der Waals surface area (Å²) in [6.07, 6.45) is 0. The molecule has 0 saturated carbocycles. The monoisotopic (exact) mass is 229 g/mol. The Kier molecular flexibility index (Phi) is 2.67. The number of carbonyl (C=O) groups is 1. The number of hydrogen-bond donors (Lipinski definition) is 3. The molecule has 0 aromatic heterocycles. The standard InChI is InChI=1S/C7H8BrN3O/c8-4-1-2-6(9)5(3-4)7(12)11-10/h1-3H,9-10H2,(H,11,12). The maximum absolute atomic E-state index is 11.0. The largest absolute Gasteiger partial charge is 0.398 e. The van der Waals surface area contributed by atoms with E-state index in [0.29, 0.717) is 11.3 Å². The Morgan fingerprint density at radius 3 is 2.75 bits per heavy atom. The average molecular weight is 230 g/mol. The summed E-state index contributed by atoms with van der Waals surface area (Å²) in [7, 11) is 0. The third kappa shape index (κ3) is 1.75. The summed E-state index contributed by atoms with van der Waals surface area (Å²) in [5.74, 6) is 4.56. The maximum Gasteiger partial charge on any atom is 0.267 e. The van der Waals surface area contributed by atoms with E-state index in [0.717, 1.165) is 4.47 Å². The van der Waals surface area contributed by atoms with E-state index in [-0.39, 0.29) is 0 Å². The van der Waals surface area contributed by atoms with Crippen molar-refractivity contribution in [1.29, 1.82) is 0 Å². The fourth-order valence-corrected chi connectivity index (χ4v) is 1.16. The zero-order chi connectivity index (χ0) is 9.14. The van der Waals surface area contributed by atoms with Gasteiger partial charge >= 0.3 is 0 Å². The first kappa shape index (κ1) is 9.02. The van der Waals surface area contributed by atoms with Gasteiger partial charge in [-0.2, -0.15) is 0 Å². The van der Waals surface area contributed by atoms with Crippen LogP contribution in [-0.2, 0) is 0 Å². The highest BCUT2D eigenvalue weighted by atomic mass is 79.9. The number of hydrogen-bond acceptors (Lipinski definition) is 3. The minimum atomic E-state index is -0.395. The smallest absolute Gasteiger partial charge is 0.267 e. The molecule has 0 spiro atoms. The summed E-state index contributed by atoms with van der Waals surface area (Å²) in [6.45, 7) is 0. The van der Waals surface area contributed by atoms with Gasteiger partial charge in [0.05, 0.1) is 5.56 Å². The lowest BCUT2D eigenvalue weighted by atomic mass is 10.2. The molecule has 4 nitrogen and oxygen atoms in total. The van der Waals surface area contributed by atoms with E-state index >= 15 is 0 Å². The normalized spacial score (nSPS) is 9.50. The Balaban J connectivity index is 3.13. The van der Waals surface area contributed by atoms with Crippen molar-refractivity contribution < 1.29 is 4.79 Å². The lowest BCUT2D eigenvalue weighted by Crippen LogP contribution is -2.30. The van der Waals surface area contributed by atoms with Gasteiger partial charge in [-0.3, -0.25) is 10.2 Å². The van der Waals surface area contributed by atoms with Crippen LogP contribution in [-0.4, -0.2) is 5.91 Å². The van der Waals surface area contributed by atoms with Crippen molar-refractivity contribution in [2.45, 2.75) is 0 Å². The van der Waals surface area contributed by atoms with E-state index in [2.05, 4.69) is 15.9 Å². The van der Waals surface area contributed by atoms with Gasteiger partial charge in [0, 0.05) is 10.2 Å². The van der Waals surface area contributed by atoms with Crippen LogP contribution in [0.5, 0.6) is 0 Å². The summed E-state index contributed by atoms with van der Waals surface area (Å²) >= 11 is 3.22. The van der Waals surface area contributed by atoms with Crippen LogP contribution in [0.3, 0.4) is 0 Å². The van der Waals surface area contributed by atoms with Crippen LogP contribution in [0.1, 0.15) is 10.4 Å². The second-order valence-corrected chi connectivity index (χ2v) is 3.12. The maximum atomic E-state index is 11.0. The molecule has 0 heterocycles. The molecule has 0 radical (unpaired) electrons. The second kappa shape index (κ2) is 3.55. The number of amides is 1. The van der Waals surface area contributed by atoms with E-state index in [1.54, 1.807) is 18.2 Å². The average Bonchev–Trinajstić information content (AvgIpc) is 2.08. The number of nitrogens with two attached hydrogens (primary N) is 2. The SMILES string of the molecule is NNC(=O)c1cc(Br)ccc1N. The molecule has 64 valence electrons. The minimum absolute atomic E-state index is 0.367. The number of hydrazine groups is 1. The Labute approximate surface area is 78.0 Å². The predicted octanol–water partition coefficient (Wildman–Crippen LogP) is 0.635. The van der Waals surface area contributed by atoms with Crippen molar-refractivity contribution in [1.82, 2.24) is 5.43 Å². The Bertz CT molecular complexity index is 314. The van der Waals surface area contributed by atoms with Gasteiger partial charge in [0.2, 0.25) is 0 Å². The Hall–Kier alpha value is -1.07. The molecule has 0 fully saturated rings. The number of anilines is 1. The highest BCUT2D eigenvalue weighted by Crippen LogP contribution is 2.17. The van der Waals surface area contributed by atoms with Gasteiger partial charge in [-0.05, 0) is 18.2 Å². The molecule has 1 rings (SSSR count). The number of nitrogens with one attached hydrogen (secondary N) is 1. The summed E-state index contributed by atoms with van der Waals surface area (Å²) in [4.78, 5) is 11.0. The van der Waals surface area contributed by atoms with Crippen LogP contribution in [0.4, 0.5) is 5.69 Å². The molecule has 0 aliphatic rings. The molecular formula is C7H8BrN3O. The second-order valence-electron chi connectivity index (χ2n) is 2.21. The van der Waals surface area contributed by atoms with Crippen molar-refractivity contribution in [3.05, 3.63) is 28.2 Å². The number of rotatable bonds is 1. The first-order chi connectivity index (χ1) is 5.65.